The van der Waals surface area contributed by atoms with Crippen molar-refractivity contribution in [3.05, 3.63) is 23.0 Å². The van der Waals surface area contributed by atoms with Crippen LogP contribution in [0.25, 0.3) is 0 Å². The highest BCUT2D eigenvalue weighted by Gasteiger charge is 2.43. The van der Waals surface area contributed by atoms with E-state index in [1.54, 1.807) is 6.92 Å². The summed E-state index contributed by atoms with van der Waals surface area (Å²) in [4.78, 5) is 0. The van der Waals surface area contributed by atoms with Crippen LogP contribution >= 0.6 is 0 Å². The van der Waals surface area contributed by atoms with Gasteiger partial charge in [-0.3, -0.25) is 0 Å². The third kappa shape index (κ3) is 2.05. The van der Waals surface area contributed by atoms with Crippen molar-refractivity contribution in [1.29, 1.82) is 0 Å². The van der Waals surface area contributed by atoms with Crippen LogP contribution in [0.3, 0.4) is 0 Å². The third-order valence-corrected chi connectivity index (χ3v) is 4.48. The number of hydrogen-bond donors (Lipinski definition) is 1. The van der Waals surface area contributed by atoms with E-state index in [2.05, 4.69) is 40.7 Å². The fraction of sp³-hybridized carbons (Fsp3) is 0.733. The highest BCUT2D eigenvalue weighted by atomic mass is 16.3. The molecule has 92 valence electrons. The summed E-state index contributed by atoms with van der Waals surface area (Å²) in [6.07, 6.45) is 6.01. The van der Waals surface area contributed by atoms with Crippen LogP contribution in [0, 0.1) is 10.8 Å². The van der Waals surface area contributed by atoms with Crippen LogP contribution in [0.2, 0.25) is 0 Å². The normalized spacial score (nSPS) is 22.5. The van der Waals surface area contributed by atoms with Gasteiger partial charge in [0, 0.05) is 5.41 Å². The van der Waals surface area contributed by atoms with Gasteiger partial charge in [0.05, 0.1) is 5.76 Å². The molecule has 1 heteroatoms. The molecule has 0 aromatic heterocycles. The summed E-state index contributed by atoms with van der Waals surface area (Å²) in [6.45, 7) is 12.9. The zero-order valence-corrected chi connectivity index (χ0v) is 11.6. The Kier molecular flexibility index (Phi) is 3.56. The topological polar surface area (TPSA) is 20.2 Å². The smallest absolute Gasteiger partial charge is 0.0889 e. The lowest BCUT2D eigenvalue weighted by Crippen LogP contribution is -2.36. The molecule has 0 fully saturated rings. The Morgan fingerprint density at radius 3 is 2.06 bits per heavy atom. The van der Waals surface area contributed by atoms with Crippen molar-refractivity contribution in [1.82, 2.24) is 0 Å². The van der Waals surface area contributed by atoms with E-state index in [-0.39, 0.29) is 10.8 Å². The Morgan fingerprint density at radius 2 is 1.75 bits per heavy atom. The molecule has 0 heterocycles. The maximum atomic E-state index is 9.83. The van der Waals surface area contributed by atoms with Gasteiger partial charge < -0.3 is 5.11 Å². The SMILES string of the molecule is CC(O)=C(C)C(C)(C1=CCCC1)C(C)(C)C. The predicted molar refractivity (Wildman–Crippen MR) is 70.5 cm³/mol. The maximum Gasteiger partial charge on any atom is 0.0889 e. The molecule has 1 unspecified atom stereocenters. The first kappa shape index (κ1) is 13.3. The van der Waals surface area contributed by atoms with Crippen molar-refractivity contribution >= 4 is 0 Å². The van der Waals surface area contributed by atoms with Crippen molar-refractivity contribution in [2.24, 2.45) is 10.8 Å². The molecule has 16 heavy (non-hydrogen) atoms. The van der Waals surface area contributed by atoms with Crippen LogP contribution in [-0.2, 0) is 0 Å². The predicted octanol–water partition coefficient (Wildman–Crippen LogP) is 5.00. The highest BCUT2D eigenvalue weighted by Crippen LogP contribution is 2.53. The molecule has 1 aliphatic rings. The molecule has 0 radical (unpaired) electrons. The molecule has 0 aromatic carbocycles. The molecule has 0 aliphatic heterocycles. The van der Waals surface area contributed by atoms with Gasteiger partial charge in [-0.2, -0.15) is 0 Å². The first-order chi connectivity index (χ1) is 7.21. The molecule has 0 bridgehead atoms. The minimum atomic E-state index is -0.0116. The molecular formula is C15H26O. The van der Waals surface area contributed by atoms with Crippen molar-refractivity contribution in [3.63, 3.8) is 0 Å². The molecule has 0 saturated heterocycles. The Morgan fingerprint density at radius 1 is 1.19 bits per heavy atom. The van der Waals surface area contributed by atoms with E-state index in [1.807, 2.05) is 0 Å². The molecule has 1 rings (SSSR count). The van der Waals surface area contributed by atoms with Gasteiger partial charge in [0.2, 0.25) is 0 Å². The summed E-state index contributed by atoms with van der Waals surface area (Å²) in [7, 11) is 0. The van der Waals surface area contributed by atoms with Gasteiger partial charge in [0.15, 0.2) is 0 Å². The van der Waals surface area contributed by atoms with Crippen molar-refractivity contribution < 1.29 is 5.11 Å². The average Bonchev–Trinajstić information content (AvgIpc) is 2.66. The fourth-order valence-corrected chi connectivity index (χ4v) is 2.77. The molecule has 1 N–H and O–H groups in total. The lowest BCUT2D eigenvalue weighted by atomic mass is 9.59. The molecule has 1 aliphatic carbocycles. The minimum Gasteiger partial charge on any atom is -0.513 e. The summed E-state index contributed by atoms with van der Waals surface area (Å²) < 4.78 is 0. The van der Waals surface area contributed by atoms with Crippen molar-refractivity contribution in [3.8, 4) is 0 Å². The largest absolute Gasteiger partial charge is 0.513 e. The summed E-state index contributed by atoms with van der Waals surface area (Å²) in [6, 6.07) is 0. The molecule has 1 nitrogen and oxygen atoms in total. The van der Waals surface area contributed by atoms with E-state index < -0.39 is 0 Å². The quantitative estimate of drug-likeness (QED) is 0.515. The van der Waals surface area contributed by atoms with Gasteiger partial charge >= 0.3 is 0 Å². The van der Waals surface area contributed by atoms with Crippen molar-refractivity contribution in [2.75, 3.05) is 0 Å². The highest BCUT2D eigenvalue weighted by molar-refractivity contribution is 5.33. The Hall–Kier alpha value is -0.720. The van der Waals surface area contributed by atoms with Gasteiger partial charge in [-0.1, -0.05) is 39.3 Å². The number of aliphatic hydroxyl groups excluding tert-OH is 1. The standard InChI is InChI=1S/C15H26O/c1-11(12(2)16)15(6,14(3,4)5)13-9-7-8-10-13/h9,16H,7-8,10H2,1-6H3. The van der Waals surface area contributed by atoms with Crippen LogP contribution in [0.15, 0.2) is 23.0 Å². The molecule has 1 atom stereocenters. The zero-order valence-electron chi connectivity index (χ0n) is 11.6. The Labute approximate surface area is 100 Å². The van der Waals surface area contributed by atoms with Crippen molar-refractivity contribution in [2.45, 2.75) is 60.8 Å². The summed E-state index contributed by atoms with van der Waals surface area (Å²) in [5, 5.41) is 9.83. The lowest BCUT2D eigenvalue weighted by molar-refractivity contribution is 0.185. The van der Waals surface area contributed by atoms with E-state index in [9.17, 15) is 5.11 Å². The molecule has 0 spiro atoms. The zero-order chi connectivity index (χ0) is 12.6. The van der Waals surface area contributed by atoms with Crippen LogP contribution in [0.1, 0.15) is 60.8 Å². The van der Waals surface area contributed by atoms with Crippen LogP contribution in [0.5, 0.6) is 0 Å². The number of rotatable bonds is 2. The van der Waals surface area contributed by atoms with Crippen LogP contribution < -0.4 is 0 Å². The van der Waals surface area contributed by atoms with E-state index >= 15 is 0 Å². The second kappa shape index (κ2) is 4.27. The van der Waals surface area contributed by atoms with E-state index in [0.29, 0.717) is 5.76 Å². The lowest BCUT2D eigenvalue weighted by Gasteiger charge is -2.45. The Balaban J connectivity index is 3.29. The van der Waals surface area contributed by atoms with E-state index in [1.165, 1.54) is 24.8 Å². The minimum absolute atomic E-state index is 0.0116. The third-order valence-electron chi connectivity index (χ3n) is 4.48. The fourth-order valence-electron chi connectivity index (χ4n) is 2.77. The van der Waals surface area contributed by atoms with Gasteiger partial charge in [0.25, 0.3) is 0 Å². The van der Waals surface area contributed by atoms with Crippen LogP contribution in [0.4, 0.5) is 0 Å². The second-order valence-corrected chi connectivity index (χ2v) is 6.21. The van der Waals surface area contributed by atoms with E-state index in [4.69, 9.17) is 0 Å². The summed E-state index contributed by atoms with van der Waals surface area (Å²) in [5.41, 5.74) is 2.75. The van der Waals surface area contributed by atoms with E-state index in [0.717, 1.165) is 5.57 Å². The van der Waals surface area contributed by atoms with Gasteiger partial charge in [-0.15, -0.1) is 0 Å². The Bertz CT molecular complexity index is 324. The number of aliphatic hydroxyl groups is 1. The first-order valence-corrected chi connectivity index (χ1v) is 6.27. The molecular weight excluding hydrogens is 196 g/mol. The monoisotopic (exact) mass is 222 g/mol. The summed E-state index contributed by atoms with van der Waals surface area (Å²) in [5.74, 6) is 0.477. The van der Waals surface area contributed by atoms with Gasteiger partial charge in [0.1, 0.15) is 0 Å². The molecule has 0 amide bonds. The van der Waals surface area contributed by atoms with Gasteiger partial charge in [-0.05, 0) is 44.1 Å². The second-order valence-electron chi connectivity index (χ2n) is 6.21. The van der Waals surface area contributed by atoms with Crippen LogP contribution in [-0.4, -0.2) is 5.11 Å². The maximum absolute atomic E-state index is 9.83. The molecule has 0 saturated carbocycles. The van der Waals surface area contributed by atoms with Gasteiger partial charge in [-0.25, -0.2) is 0 Å². The molecule has 0 aromatic rings. The number of allylic oxidation sites excluding steroid dienone is 4. The number of hydrogen-bond acceptors (Lipinski definition) is 1. The summed E-state index contributed by atoms with van der Waals surface area (Å²) >= 11 is 0. The first-order valence-electron chi connectivity index (χ1n) is 6.27. The average molecular weight is 222 g/mol.